The van der Waals surface area contributed by atoms with Gasteiger partial charge in [-0.15, -0.1) is 10.2 Å². The number of thioether (sulfide) groups is 1. The summed E-state index contributed by atoms with van der Waals surface area (Å²) in [4.78, 5) is 16.3. The summed E-state index contributed by atoms with van der Waals surface area (Å²) in [7, 11) is 1.89. The fourth-order valence-electron chi connectivity index (χ4n) is 2.65. The van der Waals surface area contributed by atoms with Gasteiger partial charge in [-0.1, -0.05) is 37.2 Å². The van der Waals surface area contributed by atoms with E-state index in [4.69, 9.17) is 0 Å². The molecule has 1 amide bonds. The molecule has 6 nitrogen and oxygen atoms in total. The van der Waals surface area contributed by atoms with Crippen molar-refractivity contribution in [1.82, 2.24) is 19.7 Å². The zero-order valence-electron chi connectivity index (χ0n) is 15.6. The van der Waals surface area contributed by atoms with Crippen LogP contribution < -0.4 is 5.32 Å². The van der Waals surface area contributed by atoms with Gasteiger partial charge in [0.05, 0.1) is 5.75 Å². The summed E-state index contributed by atoms with van der Waals surface area (Å²) in [6.45, 7) is 2.18. The minimum atomic E-state index is -0.0627. The quantitative estimate of drug-likeness (QED) is 0.598. The number of nitrogens with one attached hydrogen (secondary N) is 1. The Balaban J connectivity index is 1.54. The van der Waals surface area contributed by atoms with Crippen molar-refractivity contribution in [3.05, 3.63) is 54.4 Å². The Hall–Kier alpha value is -2.67. The molecule has 0 fully saturated rings. The molecule has 7 heteroatoms. The number of carbonyl (C=O) groups excluding carboxylic acids is 1. The number of benzene rings is 1. The Morgan fingerprint density at radius 1 is 1.19 bits per heavy atom. The molecule has 0 atom stereocenters. The topological polar surface area (TPSA) is 72.7 Å². The molecule has 0 spiro atoms. The second-order valence-electron chi connectivity index (χ2n) is 6.24. The van der Waals surface area contributed by atoms with Crippen molar-refractivity contribution in [2.24, 2.45) is 7.05 Å². The highest BCUT2D eigenvalue weighted by Crippen LogP contribution is 2.22. The summed E-state index contributed by atoms with van der Waals surface area (Å²) < 4.78 is 1.87. The highest BCUT2D eigenvalue weighted by atomic mass is 32.2. The van der Waals surface area contributed by atoms with E-state index in [2.05, 4.69) is 39.6 Å². The second-order valence-corrected chi connectivity index (χ2v) is 7.19. The van der Waals surface area contributed by atoms with Crippen molar-refractivity contribution >= 4 is 23.4 Å². The van der Waals surface area contributed by atoms with E-state index in [1.54, 1.807) is 12.4 Å². The number of nitrogens with zero attached hydrogens (tertiary/aromatic N) is 4. The SMILES string of the molecule is CCCCc1ccc(NC(=O)CSc2nnc(-c3cccnc3)n2C)cc1. The lowest BCUT2D eigenvalue weighted by Gasteiger charge is -2.07. The third-order valence-corrected chi connectivity index (χ3v) is 5.16. The van der Waals surface area contributed by atoms with Crippen LogP contribution in [0, 0.1) is 0 Å². The third kappa shape index (κ3) is 5.17. The number of carbonyl (C=O) groups is 1. The molecule has 0 aliphatic rings. The van der Waals surface area contributed by atoms with Crippen LogP contribution in [0.25, 0.3) is 11.4 Å². The fraction of sp³-hybridized carbons (Fsp3) is 0.300. The first-order valence-corrected chi connectivity index (χ1v) is 9.97. The molecule has 1 N–H and O–H groups in total. The number of unbranched alkanes of at least 4 members (excludes halogenated alkanes) is 1. The van der Waals surface area contributed by atoms with Gasteiger partial charge in [-0.05, 0) is 42.7 Å². The lowest BCUT2D eigenvalue weighted by Crippen LogP contribution is -2.14. The molecular formula is C20H23N5OS. The van der Waals surface area contributed by atoms with Crippen molar-refractivity contribution in [3.8, 4) is 11.4 Å². The monoisotopic (exact) mass is 381 g/mol. The van der Waals surface area contributed by atoms with Gasteiger partial charge >= 0.3 is 0 Å². The van der Waals surface area contributed by atoms with E-state index in [9.17, 15) is 4.79 Å². The van der Waals surface area contributed by atoms with E-state index in [1.165, 1.54) is 30.2 Å². The van der Waals surface area contributed by atoms with Gasteiger partial charge in [0.2, 0.25) is 5.91 Å². The summed E-state index contributed by atoms with van der Waals surface area (Å²) in [6, 6.07) is 11.8. The van der Waals surface area contributed by atoms with E-state index < -0.39 is 0 Å². The van der Waals surface area contributed by atoms with Crippen LogP contribution in [-0.2, 0) is 18.3 Å². The van der Waals surface area contributed by atoms with Crippen LogP contribution in [0.5, 0.6) is 0 Å². The van der Waals surface area contributed by atoms with Crippen molar-refractivity contribution in [1.29, 1.82) is 0 Å². The van der Waals surface area contributed by atoms with E-state index in [1.807, 2.05) is 35.9 Å². The van der Waals surface area contributed by atoms with Crippen LogP contribution in [0.2, 0.25) is 0 Å². The van der Waals surface area contributed by atoms with E-state index in [-0.39, 0.29) is 11.7 Å². The van der Waals surface area contributed by atoms with Gasteiger partial charge in [-0.25, -0.2) is 0 Å². The molecule has 3 aromatic rings. The third-order valence-electron chi connectivity index (χ3n) is 4.14. The number of aromatic nitrogens is 4. The maximum atomic E-state index is 12.2. The Bertz CT molecular complexity index is 877. The summed E-state index contributed by atoms with van der Waals surface area (Å²) >= 11 is 1.36. The Kier molecular flexibility index (Phi) is 6.59. The Morgan fingerprint density at radius 3 is 2.70 bits per heavy atom. The number of hydrogen-bond donors (Lipinski definition) is 1. The average molecular weight is 382 g/mol. The van der Waals surface area contributed by atoms with Gasteiger partial charge in [0.1, 0.15) is 0 Å². The molecule has 0 radical (unpaired) electrons. The predicted octanol–water partition coefficient (Wildman–Crippen LogP) is 3.95. The van der Waals surface area contributed by atoms with Crippen LogP contribution in [0.15, 0.2) is 53.9 Å². The first-order valence-electron chi connectivity index (χ1n) is 8.98. The standard InChI is InChI=1S/C20H23N5OS/c1-3-4-6-15-8-10-17(11-9-15)22-18(26)14-27-20-24-23-19(25(20)2)16-7-5-12-21-13-16/h5,7-13H,3-4,6,14H2,1-2H3,(H,22,26). The smallest absolute Gasteiger partial charge is 0.234 e. The van der Waals surface area contributed by atoms with E-state index >= 15 is 0 Å². The highest BCUT2D eigenvalue weighted by molar-refractivity contribution is 7.99. The van der Waals surface area contributed by atoms with Crippen molar-refractivity contribution in [2.45, 2.75) is 31.3 Å². The number of aryl methyl sites for hydroxylation is 1. The largest absolute Gasteiger partial charge is 0.325 e. The number of hydrogen-bond acceptors (Lipinski definition) is 5. The van der Waals surface area contributed by atoms with Crippen LogP contribution in [0.4, 0.5) is 5.69 Å². The number of rotatable bonds is 8. The predicted molar refractivity (Wildman–Crippen MR) is 109 cm³/mol. The van der Waals surface area contributed by atoms with E-state index in [0.717, 1.165) is 23.5 Å². The molecule has 2 aromatic heterocycles. The molecule has 0 aliphatic carbocycles. The van der Waals surface area contributed by atoms with Crippen LogP contribution in [0.1, 0.15) is 25.3 Å². The van der Waals surface area contributed by atoms with Gasteiger partial charge in [0.25, 0.3) is 0 Å². The maximum Gasteiger partial charge on any atom is 0.234 e. The molecule has 1 aromatic carbocycles. The summed E-state index contributed by atoms with van der Waals surface area (Å²) in [5.41, 5.74) is 3.01. The van der Waals surface area contributed by atoms with Crippen molar-refractivity contribution < 1.29 is 4.79 Å². The van der Waals surface area contributed by atoms with Gasteiger partial charge < -0.3 is 9.88 Å². The van der Waals surface area contributed by atoms with Crippen molar-refractivity contribution in [3.63, 3.8) is 0 Å². The molecule has 27 heavy (non-hydrogen) atoms. The highest BCUT2D eigenvalue weighted by Gasteiger charge is 2.13. The summed E-state index contributed by atoms with van der Waals surface area (Å²) in [5, 5.41) is 12.0. The Morgan fingerprint density at radius 2 is 2.00 bits per heavy atom. The maximum absolute atomic E-state index is 12.2. The summed E-state index contributed by atoms with van der Waals surface area (Å²) in [5.74, 6) is 0.942. The lowest BCUT2D eigenvalue weighted by atomic mass is 10.1. The average Bonchev–Trinajstić information content (AvgIpc) is 3.07. The van der Waals surface area contributed by atoms with E-state index in [0.29, 0.717) is 5.16 Å². The number of anilines is 1. The molecule has 0 unspecified atom stereocenters. The second kappa shape index (κ2) is 9.32. The minimum absolute atomic E-state index is 0.0627. The van der Waals surface area contributed by atoms with Gasteiger partial charge in [0.15, 0.2) is 11.0 Å². The zero-order chi connectivity index (χ0) is 19.1. The van der Waals surface area contributed by atoms with Crippen LogP contribution in [-0.4, -0.2) is 31.4 Å². The Labute approximate surface area is 163 Å². The van der Waals surface area contributed by atoms with Gasteiger partial charge in [-0.2, -0.15) is 0 Å². The number of amides is 1. The molecule has 0 aliphatic heterocycles. The molecule has 0 saturated carbocycles. The van der Waals surface area contributed by atoms with Crippen LogP contribution in [0.3, 0.4) is 0 Å². The van der Waals surface area contributed by atoms with Gasteiger partial charge in [-0.3, -0.25) is 9.78 Å². The molecule has 140 valence electrons. The molecule has 0 saturated heterocycles. The first-order chi connectivity index (χ1) is 13.2. The lowest BCUT2D eigenvalue weighted by molar-refractivity contribution is -0.113. The van der Waals surface area contributed by atoms with Crippen molar-refractivity contribution in [2.75, 3.05) is 11.1 Å². The fourth-order valence-corrected chi connectivity index (χ4v) is 3.36. The first kappa shape index (κ1) is 19.1. The normalized spacial score (nSPS) is 10.7. The number of pyridine rings is 1. The molecular weight excluding hydrogens is 358 g/mol. The minimum Gasteiger partial charge on any atom is -0.325 e. The van der Waals surface area contributed by atoms with Gasteiger partial charge in [0, 0.05) is 30.7 Å². The summed E-state index contributed by atoms with van der Waals surface area (Å²) in [6.07, 6.45) is 6.90. The molecule has 2 heterocycles. The van der Waals surface area contributed by atoms with Crippen LogP contribution >= 0.6 is 11.8 Å². The zero-order valence-corrected chi connectivity index (χ0v) is 16.4. The molecule has 0 bridgehead atoms. The molecule has 3 rings (SSSR count).